The first-order valence-corrected chi connectivity index (χ1v) is 8.66. The second-order valence-corrected chi connectivity index (χ2v) is 6.26. The minimum absolute atomic E-state index is 0.0707. The minimum atomic E-state index is 0.0707. The van der Waals surface area contributed by atoms with E-state index in [1.165, 1.54) is 17.5 Å². The van der Waals surface area contributed by atoms with Gasteiger partial charge in [-0.15, -0.1) is 0 Å². The molecule has 1 aliphatic heterocycles. The molecule has 1 aromatic heterocycles. The van der Waals surface area contributed by atoms with Crippen LogP contribution in [0.2, 0.25) is 0 Å². The van der Waals surface area contributed by atoms with Crippen LogP contribution in [0, 0.1) is 0 Å². The molecule has 6 heteroatoms. The Labute approximate surface area is 142 Å². The van der Waals surface area contributed by atoms with Gasteiger partial charge in [-0.05, 0) is 24.0 Å². The van der Waals surface area contributed by atoms with Gasteiger partial charge >= 0.3 is 0 Å². The topological polar surface area (TPSA) is 63.1 Å². The van der Waals surface area contributed by atoms with Crippen molar-refractivity contribution in [2.24, 2.45) is 0 Å². The van der Waals surface area contributed by atoms with E-state index < -0.39 is 0 Å². The highest BCUT2D eigenvalue weighted by Gasteiger charge is 2.22. The first-order chi connectivity index (χ1) is 11.8. The maximum Gasteiger partial charge on any atom is 0.221 e. The summed E-state index contributed by atoms with van der Waals surface area (Å²) in [6, 6.07) is 9.04. The number of hydrogen-bond donors (Lipinski definition) is 1. The second-order valence-electron chi connectivity index (χ2n) is 6.26. The summed E-state index contributed by atoms with van der Waals surface area (Å²) in [4.78, 5) is 18.4. The standard InChI is InChI=1S/C18H25N5O/c1-2-17(11-20-18(24)8-10-23-14-19-13-21-23)22-9-7-15-5-3-4-6-16(15)12-22/h3-6,13-14,17H,2,7-12H2,1H3,(H,20,24)/t17-/m1/s1. The van der Waals surface area contributed by atoms with Crippen LogP contribution in [0.15, 0.2) is 36.9 Å². The largest absolute Gasteiger partial charge is 0.354 e. The van der Waals surface area contributed by atoms with Crippen LogP contribution >= 0.6 is 0 Å². The number of aromatic nitrogens is 3. The van der Waals surface area contributed by atoms with Crippen LogP contribution in [0.5, 0.6) is 0 Å². The Morgan fingerprint density at radius 3 is 2.92 bits per heavy atom. The third-order valence-electron chi connectivity index (χ3n) is 4.72. The van der Waals surface area contributed by atoms with E-state index in [0.29, 0.717) is 25.6 Å². The van der Waals surface area contributed by atoms with E-state index >= 15 is 0 Å². The molecule has 0 bridgehead atoms. The Balaban J connectivity index is 1.47. The zero-order chi connectivity index (χ0) is 16.8. The summed E-state index contributed by atoms with van der Waals surface area (Å²) in [5.41, 5.74) is 2.88. The lowest BCUT2D eigenvalue weighted by molar-refractivity contribution is -0.121. The molecule has 2 heterocycles. The fourth-order valence-electron chi connectivity index (χ4n) is 3.25. The van der Waals surface area contributed by atoms with Crippen LogP contribution in [0.3, 0.4) is 0 Å². The summed E-state index contributed by atoms with van der Waals surface area (Å²) in [5, 5.41) is 7.09. The zero-order valence-corrected chi connectivity index (χ0v) is 14.2. The Kier molecular flexibility index (Phi) is 5.59. The third-order valence-corrected chi connectivity index (χ3v) is 4.72. The number of carbonyl (C=O) groups is 1. The highest BCUT2D eigenvalue weighted by molar-refractivity contribution is 5.75. The molecule has 1 N–H and O–H groups in total. The molecule has 6 nitrogen and oxygen atoms in total. The van der Waals surface area contributed by atoms with E-state index in [9.17, 15) is 4.79 Å². The summed E-state index contributed by atoms with van der Waals surface area (Å²) >= 11 is 0. The fourth-order valence-corrected chi connectivity index (χ4v) is 3.25. The lowest BCUT2D eigenvalue weighted by Crippen LogP contribution is -2.45. The lowest BCUT2D eigenvalue weighted by Gasteiger charge is -2.35. The van der Waals surface area contributed by atoms with E-state index in [4.69, 9.17) is 0 Å². The highest BCUT2D eigenvalue weighted by Crippen LogP contribution is 2.21. The number of fused-ring (bicyclic) bond motifs is 1. The molecule has 0 saturated heterocycles. The van der Waals surface area contributed by atoms with Crippen molar-refractivity contribution in [3.05, 3.63) is 48.0 Å². The SMILES string of the molecule is CC[C@H](CNC(=O)CCn1cncn1)N1CCc2ccccc2C1. The molecule has 1 amide bonds. The van der Waals surface area contributed by atoms with Gasteiger partial charge in [-0.25, -0.2) is 4.98 Å². The number of nitrogens with one attached hydrogen (secondary N) is 1. The van der Waals surface area contributed by atoms with Crippen molar-refractivity contribution >= 4 is 5.91 Å². The number of aryl methyl sites for hydroxylation is 1. The lowest BCUT2D eigenvalue weighted by atomic mass is 9.98. The van der Waals surface area contributed by atoms with Crippen molar-refractivity contribution in [3.63, 3.8) is 0 Å². The van der Waals surface area contributed by atoms with Crippen LogP contribution < -0.4 is 5.32 Å². The zero-order valence-electron chi connectivity index (χ0n) is 14.2. The van der Waals surface area contributed by atoms with Gasteiger partial charge in [-0.1, -0.05) is 31.2 Å². The molecule has 0 fully saturated rings. The Hall–Kier alpha value is -2.21. The number of nitrogens with zero attached hydrogens (tertiary/aromatic N) is 4. The molecule has 0 aliphatic carbocycles. The van der Waals surface area contributed by atoms with Crippen LogP contribution in [0.4, 0.5) is 0 Å². The molecule has 0 unspecified atom stereocenters. The van der Waals surface area contributed by atoms with E-state index in [-0.39, 0.29) is 5.91 Å². The molecule has 0 saturated carbocycles. The van der Waals surface area contributed by atoms with Crippen molar-refractivity contribution < 1.29 is 4.79 Å². The van der Waals surface area contributed by atoms with E-state index in [2.05, 4.69) is 51.5 Å². The molecule has 1 aliphatic rings. The summed E-state index contributed by atoms with van der Waals surface area (Å²) < 4.78 is 1.68. The molecule has 2 aromatic rings. The summed E-state index contributed by atoms with van der Waals surface area (Å²) in [6.45, 7) is 5.50. The highest BCUT2D eigenvalue weighted by atomic mass is 16.1. The van der Waals surface area contributed by atoms with Gasteiger partial charge in [-0.2, -0.15) is 5.10 Å². The second kappa shape index (κ2) is 8.06. The van der Waals surface area contributed by atoms with Gasteiger partial charge in [0.1, 0.15) is 12.7 Å². The molecule has 128 valence electrons. The Morgan fingerprint density at radius 1 is 1.33 bits per heavy atom. The van der Waals surface area contributed by atoms with E-state index in [1.807, 2.05) is 0 Å². The molecule has 0 radical (unpaired) electrons. The van der Waals surface area contributed by atoms with Gasteiger partial charge in [0, 0.05) is 32.1 Å². The molecule has 0 spiro atoms. The summed E-state index contributed by atoms with van der Waals surface area (Å²) in [5.74, 6) is 0.0707. The molecular weight excluding hydrogens is 302 g/mol. The Bertz CT molecular complexity index is 655. The predicted octanol–water partition coefficient (Wildman–Crippen LogP) is 1.62. The molecular formula is C18H25N5O. The quantitative estimate of drug-likeness (QED) is 0.839. The first kappa shape index (κ1) is 16.6. The number of rotatable bonds is 7. The van der Waals surface area contributed by atoms with Gasteiger partial charge in [-0.3, -0.25) is 14.4 Å². The van der Waals surface area contributed by atoms with E-state index in [1.54, 1.807) is 11.0 Å². The van der Waals surface area contributed by atoms with Crippen molar-refractivity contribution in [3.8, 4) is 0 Å². The van der Waals surface area contributed by atoms with Crippen LogP contribution in [0.1, 0.15) is 30.9 Å². The van der Waals surface area contributed by atoms with Crippen molar-refractivity contribution in [1.82, 2.24) is 25.0 Å². The normalized spacial score (nSPS) is 15.7. The van der Waals surface area contributed by atoms with Gasteiger partial charge in [0.15, 0.2) is 0 Å². The first-order valence-electron chi connectivity index (χ1n) is 8.66. The average Bonchev–Trinajstić information content (AvgIpc) is 3.14. The molecule has 1 atom stereocenters. The van der Waals surface area contributed by atoms with Gasteiger partial charge in [0.2, 0.25) is 5.91 Å². The molecule has 1 aromatic carbocycles. The molecule has 3 rings (SSSR count). The maximum absolute atomic E-state index is 12.0. The van der Waals surface area contributed by atoms with Crippen LogP contribution in [0.25, 0.3) is 0 Å². The predicted molar refractivity (Wildman–Crippen MR) is 92.3 cm³/mol. The van der Waals surface area contributed by atoms with Crippen molar-refractivity contribution in [2.45, 2.75) is 45.3 Å². The third kappa shape index (κ3) is 4.20. The maximum atomic E-state index is 12.0. The smallest absolute Gasteiger partial charge is 0.221 e. The summed E-state index contributed by atoms with van der Waals surface area (Å²) in [6.07, 6.45) is 5.67. The average molecular weight is 327 g/mol. The van der Waals surface area contributed by atoms with Crippen molar-refractivity contribution in [2.75, 3.05) is 13.1 Å². The van der Waals surface area contributed by atoms with Gasteiger partial charge in [0.25, 0.3) is 0 Å². The number of amides is 1. The monoisotopic (exact) mass is 327 g/mol. The Morgan fingerprint density at radius 2 is 2.17 bits per heavy atom. The minimum Gasteiger partial charge on any atom is -0.354 e. The van der Waals surface area contributed by atoms with Gasteiger partial charge in [0.05, 0.1) is 6.54 Å². The number of carbonyl (C=O) groups excluding carboxylic acids is 1. The van der Waals surface area contributed by atoms with E-state index in [0.717, 1.165) is 25.9 Å². The number of benzene rings is 1. The molecule has 24 heavy (non-hydrogen) atoms. The number of hydrogen-bond acceptors (Lipinski definition) is 4. The van der Waals surface area contributed by atoms with Crippen molar-refractivity contribution in [1.29, 1.82) is 0 Å². The van der Waals surface area contributed by atoms with Crippen LogP contribution in [-0.2, 0) is 24.3 Å². The van der Waals surface area contributed by atoms with Crippen LogP contribution in [-0.4, -0.2) is 44.7 Å². The van der Waals surface area contributed by atoms with Gasteiger partial charge < -0.3 is 5.32 Å². The fraction of sp³-hybridized carbons (Fsp3) is 0.500. The summed E-state index contributed by atoms with van der Waals surface area (Å²) in [7, 11) is 0.